The predicted octanol–water partition coefficient (Wildman–Crippen LogP) is 2.93. The molecule has 1 aliphatic rings. The SMILES string of the molecule is CSCCC1(CBr)CC(C)CO1. The fourth-order valence-electron chi connectivity index (χ4n) is 1.69. The van der Waals surface area contributed by atoms with Gasteiger partial charge in [0.05, 0.1) is 12.2 Å². The zero-order chi connectivity index (χ0) is 9.03. The minimum absolute atomic E-state index is 0.155. The van der Waals surface area contributed by atoms with E-state index in [0.29, 0.717) is 0 Å². The van der Waals surface area contributed by atoms with Gasteiger partial charge in [-0.15, -0.1) is 0 Å². The van der Waals surface area contributed by atoms with Gasteiger partial charge in [-0.05, 0) is 30.8 Å². The number of rotatable bonds is 4. The molecule has 0 aliphatic carbocycles. The molecule has 1 nitrogen and oxygen atoms in total. The van der Waals surface area contributed by atoms with Crippen LogP contribution in [-0.4, -0.2) is 29.5 Å². The van der Waals surface area contributed by atoms with Gasteiger partial charge in [-0.25, -0.2) is 0 Å². The van der Waals surface area contributed by atoms with Crippen LogP contribution in [0.2, 0.25) is 0 Å². The Morgan fingerprint density at radius 2 is 2.42 bits per heavy atom. The van der Waals surface area contributed by atoms with E-state index < -0.39 is 0 Å². The lowest BCUT2D eigenvalue weighted by Crippen LogP contribution is -2.30. The van der Waals surface area contributed by atoms with Gasteiger partial charge in [0.1, 0.15) is 0 Å². The molecule has 1 rings (SSSR count). The first-order chi connectivity index (χ1) is 5.72. The van der Waals surface area contributed by atoms with E-state index in [4.69, 9.17) is 4.74 Å². The highest BCUT2D eigenvalue weighted by atomic mass is 79.9. The molecular weight excluding hydrogens is 236 g/mol. The van der Waals surface area contributed by atoms with Gasteiger partial charge >= 0.3 is 0 Å². The summed E-state index contributed by atoms with van der Waals surface area (Å²) < 4.78 is 5.84. The Hall–Kier alpha value is 0.790. The van der Waals surface area contributed by atoms with Crippen LogP contribution in [0.5, 0.6) is 0 Å². The molecule has 72 valence electrons. The third kappa shape index (κ3) is 2.64. The fraction of sp³-hybridized carbons (Fsp3) is 1.00. The van der Waals surface area contributed by atoms with E-state index in [1.165, 1.54) is 18.6 Å². The summed E-state index contributed by atoms with van der Waals surface area (Å²) in [7, 11) is 0. The first-order valence-electron chi connectivity index (χ1n) is 4.41. The second-order valence-corrected chi connectivity index (χ2v) is 5.23. The molecule has 1 fully saturated rings. The van der Waals surface area contributed by atoms with Gasteiger partial charge in [0.15, 0.2) is 0 Å². The number of ether oxygens (including phenoxy) is 1. The molecule has 0 aromatic carbocycles. The van der Waals surface area contributed by atoms with Crippen LogP contribution in [0.1, 0.15) is 19.8 Å². The highest BCUT2D eigenvalue weighted by Gasteiger charge is 2.36. The van der Waals surface area contributed by atoms with Crippen LogP contribution >= 0.6 is 27.7 Å². The van der Waals surface area contributed by atoms with Crippen LogP contribution in [0.3, 0.4) is 0 Å². The molecule has 3 heteroatoms. The Bertz CT molecular complexity index is 142. The van der Waals surface area contributed by atoms with Gasteiger partial charge in [-0.3, -0.25) is 0 Å². The van der Waals surface area contributed by atoms with Crippen LogP contribution in [0.15, 0.2) is 0 Å². The van der Waals surface area contributed by atoms with E-state index in [9.17, 15) is 0 Å². The minimum Gasteiger partial charge on any atom is -0.374 e. The number of thioether (sulfide) groups is 1. The van der Waals surface area contributed by atoms with Crippen LogP contribution in [0.25, 0.3) is 0 Å². The molecule has 1 heterocycles. The van der Waals surface area contributed by atoms with Crippen molar-refractivity contribution in [1.29, 1.82) is 0 Å². The molecule has 0 bridgehead atoms. The minimum atomic E-state index is 0.155. The molecule has 1 aliphatic heterocycles. The van der Waals surface area contributed by atoms with Gasteiger partial charge < -0.3 is 4.74 Å². The van der Waals surface area contributed by atoms with E-state index >= 15 is 0 Å². The number of hydrogen-bond acceptors (Lipinski definition) is 2. The van der Waals surface area contributed by atoms with Crippen molar-refractivity contribution >= 4 is 27.7 Å². The Morgan fingerprint density at radius 1 is 1.67 bits per heavy atom. The fourth-order valence-corrected chi connectivity index (χ4v) is 2.94. The molecule has 0 N–H and O–H groups in total. The summed E-state index contributed by atoms with van der Waals surface area (Å²) in [5.41, 5.74) is 0.155. The molecule has 0 radical (unpaired) electrons. The summed E-state index contributed by atoms with van der Waals surface area (Å²) in [6.45, 7) is 3.21. The van der Waals surface area contributed by atoms with E-state index in [-0.39, 0.29) is 5.60 Å². The second-order valence-electron chi connectivity index (χ2n) is 3.68. The monoisotopic (exact) mass is 252 g/mol. The van der Waals surface area contributed by atoms with Crippen molar-refractivity contribution in [1.82, 2.24) is 0 Å². The maximum Gasteiger partial charge on any atom is 0.0790 e. The Balaban J connectivity index is 2.41. The summed E-state index contributed by atoms with van der Waals surface area (Å²) in [6.07, 6.45) is 4.56. The first-order valence-corrected chi connectivity index (χ1v) is 6.93. The largest absolute Gasteiger partial charge is 0.374 e. The van der Waals surface area contributed by atoms with Crippen molar-refractivity contribution in [3.05, 3.63) is 0 Å². The smallest absolute Gasteiger partial charge is 0.0790 e. The Kier molecular flexibility index (Phi) is 4.41. The van der Waals surface area contributed by atoms with E-state index in [1.807, 2.05) is 11.8 Å². The standard InChI is InChI=1S/C9H17BrOS/c1-8-5-9(7-10,11-6-8)3-4-12-2/h8H,3-7H2,1-2H3. The quantitative estimate of drug-likeness (QED) is 0.712. The van der Waals surface area contributed by atoms with Crippen molar-refractivity contribution in [2.45, 2.75) is 25.4 Å². The molecular formula is C9H17BrOS. The van der Waals surface area contributed by atoms with E-state index in [1.54, 1.807) is 0 Å². The number of hydrogen-bond donors (Lipinski definition) is 0. The summed E-state index contributed by atoms with van der Waals surface area (Å²) in [5, 5.41) is 0.991. The Morgan fingerprint density at radius 3 is 2.83 bits per heavy atom. The molecule has 12 heavy (non-hydrogen) atoms. The highest BCUT2D eigenvalue weighted by Crippen LogP contribution is 2.34. The van der Waals surface area contributed by atoms with Gasteiger partial charge in [0, 0.05) is 5.33 Å². The maximum atomic E-state index is 5.84. The van der Waals surface area contributed by atoms with Gasteiger partial charge in [0.25, 0.3) is 0 Å². The normalized spacial score (nSPS) is 35.8. The lowest BCUT2D eigenvalue weighted by molar-refractivity contribution is 0.0224. The van der Waals surface area contributed by atoms with Crippen LogP contribution in [-0.2, 0) is 4.74 Å². The third-order valence-corrected chi connectivity index (χ3v) is 4.03. The molecule has 0 spiro atoms. The van der Waals surface area contributed by atoms with Crippen molar-refractivity contribution in [2.75, 3.05) is 23.9 Å². The molecule has 0 amide bonds. The van der Waals surface area contributed by atoms with Crippen LogP contribution in [0.4, 0.5) is 0 Å². The van der Waals surface area contributed by atoms with Gasteiger partial charge in [0.2, 0.25) is 0 Å². The van der Waals surface area contributed by atoms with Crippen molar-refractivity contribution in [3.63, 3.8) is 0 Å². The van der Waals surface area contributed by atoms with Gasteiger partial charge in [-0.2, -0.15) is 11.8 Å². The molecule has 2 unspecified atom stereocenters. The highest BCUT2D eigenvalue weighted by molar-refractivity contribution is 9.09. The lowest BCUT2D eigenvalue weighted by Gasteiger charge is -2.25. The van der Waals surface area contributed by atoms with E-state index in [2.05, 4.69) is 29.1 Å². The second kappa shape index (κ2) is 4.87. The molecule has 0 aromatic heterocycles. The lowest BCUT2D eigenvalue weighted by atomic mass is 9.95. The Labute approximate surface area is 87.8 Å². The predicted molar refractivity (Wildman–Crippen MR) is 59.3 cm³/mol. The zero-order valence-electron chi connectivity index (χ0n) is 7.81. The topological polar surface area (TPSA) is 9.23 Å². The third-order valence-electron chi connectivity index (χ3n) is 2.40. The van der Waals surface area contributed by atoms with Crippen LogP contribution in [0, 0.1) is 5.92 Å². The van der Waals surface area contributed by atoms with Gasteiger partial charge in [-0.1, -0.05) is 22.9 Å². The van der Waals surface area contributed by atoms with Crippen molar-refractivity contribution < 1.29 is 4.74 Å². The van der Waals surface area contributed by atoms with Crippen molar-refractivity contribution in [2.24, 2.45) is 5.92 Å². The summed E-state index contributed by atoms with van der Waals surface area (Å²) >= 11 is 5.46. The maximum absolute atomic E-state index is 5.84. The summed E-state index contributed by atoms with van der Waals surface area (Å²) in [4.78, 5) is 0. The number of alkyl halides is 1. The zero-order valence-corrected chi connectivity index (χ0v) is 10.2. The summed E-state index contributed by atoms with van der Waals surface area (Å²) in [6, 6.07) is 0. The number of halogens is 1. The van der Waals surface area contributed by atoms with Crippen molar-refractivity contribution in [3.8, 4) is 0 Å². The molecule has 0 saturated carbocycles. The summed E-state index contributed by atoms with van der Waals surface area (Å²) in [5.74, 6) is 1.95. The van der Waals surface area contributed by atoms with Crippen LogP contribution < -0.4 is 0 Å². The average molecular weight is 253 g/mol. The first kappa shape index (κ1) is 10.9. The van der Waals surface area contributed by atoms with E-state index in [0.717, 1.165) is 17.9 Å². The average Bonchev–Trinajstić information content (AvgIpc) is 2.45. The molecule has 0 aromatic rings. The molecule has 1 saturated heterocycles. The molecule has 2 atom stereocenters.